The molecular formula is C16H31N3O. The molecule has 2 amide bonds. The topological polar surface area (TPSA) is 35.6 Å². The van der Waals surface area contributed by atoms with E-state index in [4.69, 9.17) is 0 Å². The van der Waals surface area contributed by atoms with Gasteiger partial charge in [-0.1, -0.05) is 20.8 Å². The molecule has 2 aliphatic heterocycles. The Morgan fingerprint density at radius 1 is 1.20 bits per heavy atom. The molecule has 2 saturated heterocycles. The van der Waals surface area contributed by atoms with Crippen molar-refractivity contribution in [2.45, 2.75) is 52.5 Å². The summed E-state index contributed by atoms with van der Waals surface area (Å²) in [5.74, 6) is 1.57. The van der Waals surface area contributed by atoms with E-state index in [0.29, 0.717) is 6.04 Å². The maximum Gasteiger partial charge on any atom is 0.317 e. The highest BCUT2D eigenvalue weighted by atomic mass is 16.2. The molecule has 4 heteroatoms. The largest absolute Gasteiger partial charge is 0.338 e. The van der Waals surface area contributed by atoms with Crippen molar-refractivity contribution in [3.63, 3.8) is 0 Å². The number of hydrogen-bond donors (Lipinski definition) is 1. The summed E-state index contributed by atoms with van der Waals surface area (Å²) in [5.41, 5.74) is 0. The number of rotatable bonds is 5. The number of amides is 2. The third kappa shape index (κ3) is 4.37. The van der Waals surface area contributed by atoms with Crippen molar-refractivity contribution in [2.75, 3.05) is 32.7 Å². The Bertz CT molecular complexity index is 311. The molecule has 4 nitrogen and oxygen atoms in total. The van der Waals surface area contributed by atoms with Crippen molar-refractivity contribution in [1.29, 1.82) is 0 Å². The fraction of sp³-hybridized carbons (Fsp3) is 0.938. The number of nitrogens with zero attached hydrogens (tertiary/aromatic N) is 2. The van der Waals surface area contributed by atoms with Gasteiger partial charge in [-0.05, 0) is 37.5 Å². The fourth-order valence-corrected chi connectivity index (χ4v) is 3.73. The summed E-state index contributed by atoms with van der Waals surface area (Å²) in [7, 11) is 0. The Morgan fingerprint density at radius 3 is 2.50 bits per heavy atom. The molecule has 0 aromatic carbocycles. The van der Waals surface area contributed by atoms with Gasteiger partial charge in [0, 0.05) is 38.8 Å². The van der Waals surface area contributed by atoms with Crippen LogP contribution in [0.5, 0.6) is 0 Å². The average molecular weight is 281 g/mol. The lowest BCUT2D eigenvalue weighted by Gasteiger charge is -2.40. The lowest BCUT2D eigenvalue weighted by Crippen LogP contribution is -2.54. The third-order valence-electron chi connectivity index (χ3n) is 4.55. The van der Waals surface area contributed by atoms with E-state index in [1.807, 2.05) is 0 Å². The second kappa shape index (κ2) is 7.30. The average Bonchev–Trinajstić information content (AvgIpc) is 2.39. The molecule has 0 aromatic heterocycles. The fourth-order valence-electron chi connectivity index (χ4n) is 3.73. The van der Waals surface area contributed by atoms with Crippen molar-refractivity contribution in [1.82, 2.24) is 15.1 Å². The maximum atomic E-state index is 11.9. The molecule has 0 bridgehead atoms. The molecule has 0 spiro atoms. The number of carbonyl (C=O) groups excluding carboxylic acids is 1. The monoisotopic (exact) mass is 281 g/mol. The van der Waals surface area contributed by atoms with Gasteiger partial charge >= 0.3 is 6.03 Å². The van der Waals surface area contributed by atoms with Gasteiger partial charge in [0.25, 0.3) is 0 Å². The minimum atomic E-state index is 0.155. The number of likely N-dealkylation sites (tertiary alicyclic amines) is 1. The summed E-state index contributed by atoms with van der Waals surface area (Å²) >= 11 is 0. The zero-order valence-electron chi connectivity index (χ0n) is 13.4. The molecule has 2 heterocycles. The van der Waals surface area contributed by atoms with Gasteiger partial charge in [0.15, 0.2) is 0 Å². The van der Waals surface area contributed by atoms with E-state index < -0.39 is 0 Å². The van der Waals surface area contributed by atoms with Gasteiger partial charge in [-0.25, -0.2) is 4.79 Å². The van der Waals surface area contributed by atoms with Crippen molar-refractivity contribution in [3.05, 3.63) is 0 Å². The first-order valence-corrected chi connectivity index (χ1v) is 8.33. The Morgan fingerprint density at radius 2 is 1.90 bits per heavy atom. The zero-order chi connectivity index (χ0) is 14.5. The molecule has 2 fully saturated rings. The first-order valence-electron chi connectivity index (χ1n) is 8.33. The van der Waals surface area contributed by atoms with Gasteiger partial charge in [-0.15, -0.1) is 0 Å². The molecule has 0 saturated carbocycles. The van der Waals surface area contributed by atoms with Crippen LogP contribution in [0.15, 0.2) is 0 Å². The maximum absolute atomic E-state index is 11.9. The van der Waals surface area contributed by atoms with Gasteiger partial charge in [-0.2, -0.15) is 0 Å². The van der Waals surface area contributed by atoms with Gasteiger partial charge in [0.2, 0.25) is 0 Å². The highest BCUT2D eigenvalue weighted by Gasteiger charge is 2.29. The molecule has 0 radical (unpaired) electrons. The van der Waals surface area contributed by atoms with Crippen LogP contribution in [0.2, 0.25) is 0 Å². The minimum absolute atomic E-state index is 0.155. The molecule has 1 N–H and O–H groups in total. The van der Waals surface area contributed by atoms with Crippen LogP contribution in [-0.4, -0.2) is 54.6 Å². The molecule has 0 unspecified atom stereocenters. The second-order valence-electron chi connectivity index (χ2n) is 7.05. The molecule has 1 atom stereocenters. The zero-order valence-corrected chi connectivity index (χ0v) is 13.4. The normalized spacial score (nSPS) is 24.0. The molecule has 2 rings (SSSR count). The van der Waals surface area contributed by atoms with E-state index >= 15 is 0 Å². The minimum Gasteiger partial charge on any atom is -0.338 e. The van der Waals surface area contributed by atoms with Crippen LogP contribution in [0, 0.1) is 11.8 Å². The second-order valence-corrected chi connectivity index (χ2v) is 7.05. The number of hydrogen-bond acceptors (Lipinski definition) is 2. The lowest BCUT2D eigenvalue weighted by atomic mass is 9.96. The van der Waals surface area contributed by atoms with Gasteiger partial charge in [0.1, 0.15) is 0 Å². The first kappa shape index (κ1) is 15.6. The summed E-state index contributed by atoms with van der Waals surface area (Å²) in [6.07, 6.45) is 4.69. The SMILES string of the molecule is CC(C)C[C@@H](C)CN1CCC(N2CCCNC2=O)CC1. The number of nitrogens with one attached hydrogen (secondary N) is 1. The quantitative estimate of drug-likeness (QED) is 0.840. The van der Waals surface area contributed by atoms with E-state index in [-0.39, 0.29) is 6.03 Å². The van der Waals surface area contributed by atoms with Crippen LogP contribution in [0.25, 0.3) is 0 Å². The third-order valence-corrected chi connectivity index (χ3v) is 4.55. The smallest absolute Gasteiger partial charge is 0.317 e. The van der Waals surface area contributed by atoms with E-state index in [1.54, 1.807) is 0 Å². The van der Waals surface area contributed by atoms with E-state index in [9.17, 15) is 4.79 Å². The molecule has 0 aromatic rings. The lowest BCUT2D eigenvalue weighted by molar-refractivity contribution is 0.103. The van der Waals surface area contributed by atoms with Crippen LogP contribution >= 0.6 is 0 Å². The van der Waals surface area contributed by atoms with E-state index in [2.05, 4.69) is 35.9 Å². The van der Waals surface area contributed by atoms with Gasteiger partial charge in [0.05, 0.1) is 0 Å². The van der Waals surface area contributed by atoms with Crippen LogP contribution < -0.4 is 5.32 Å². The Balaban J connectivity index is 1.73. The highest BCUT2D eigenvalue weighted by Crippen LogP contribution is 2.20. The number of urea groups is 1. The first-order chi connectivity index (χ1) is 9.56. The molecule has 2 aliphatic rings. The highest BCUT2D eigenvalue weighted by molar-refractivity contribution is 5.75. The molecular weight excluding hydrogens is 250 g/mol. The van der Waals surface area contributed by atoms with Crippen molar-refractivity contribution in [2.24, 2.45) is 11.8 Å². The van der Waals surface area contributed by atoms with Gasteiger partial charge in [-0.3, -0.25) is 0 Å². The molecule has 20 heavy (non-hydrogen) atoms. The summed E-state index contributed by atoms with van der Waals surface area (Å²) in [5, 5.41) is 2.97. The summed E-state index contributed by atoms with van der Waals surface area (Å²) in [4.78, 5) is 16.5. The Kier molecular flexibility index (Phi) is 5.70. The van der Waals surface area contributed by atoms with E-state index in [0.717, 1.165) is 57.3 Å². The summed E-state index contributed by atoms with van der Waals surface area (Å²) < 4.78 is 0. The predicted octanol–water partition coefficient (Wildman–Crippen LogP) is 2.55. The summed E-state index contributed by atoms with van der Waals surface area (Å²) in [6.45, 7) is 12.3. The Labute approximate surface area is 123 Å². The van der Waals surface area contributed by atoms with Crippen LogP contribution in [0.1, 0.15) is 46.5 Å². The molecule has 116 valence electrons. The van der Waals surface area contributed by atoms with E-state index in [1.165, 1.54) is 13.0 Å². The van der Waals surface area contributed by atoms with Crippen LogP contribution in [0.3, 0.4) is 0 Å². The van der Waals surface area contributed by atoms with Crippen molar-refractivity contribution >= 4 is 6.03 Å². The summed E-state index contributed by atoms with van der Waals surface area (Å²) in [6, 6.07) is 0.620. The van der Waals surface area contributed by atoms with Crippen LogP contribution in [-0.2, 0) is 0 Å². The predicted molar refractivity (Wildman–Crippen MR) is 82.8 cm³/mol. The number of carbonyl (C=O) groups is 1. The number of piperidine rings is 1. The van der Waals surface area contributed by atoms with Crippen molar-refractivity contribution < 1.29 is 4.79 Å². The standard InChI is InChI=1S/C16H31N3O/c1-13(2)11-14(3)12-18-9-5-15(6-10-18)19-8-4-7-17-16(19)20/h13-15H,4-12H2,1-3H3,(H,17,20)/t14-/m1/s1. The Hall–Kier alpha value is -0.770. The van der Waals surface area contributed by atoms with Crippen LogP contribution in [0.4, 0.5) is 4.79 Å². The van der Waals surface area contributed by atoms with Crippen molar-refractivity contribution in [3.8, 4) is 0 Å². The van der Waals surface area contributed by atoms with Gasteiger partial charge < -0.3 is 15.1 Å². The molecule has 0 aliphatic carbocycles.